The minimum Gasteiger partial charge on any atom is -0.380 e. The monoisotopic (exact) mass is 408 g/mol. The van der Waals surface area contributed by atoms with E-state index in [0.29, 0.717) is 23.7 Å². The smallest absolute Gasteiger partial charge is 0.126 e. The van der Waals surface area contributed by atoms with Crippen LogP contribution in [0.3, 0.4) is 0 Å². The van der Waals surface area contributed by atoms with Gasteiger partial charge in [0.25, 0.3) is 0 Å². The van der Waals surface area contributed by atoms with Crippen LogP contribution in [0.25, 0.3) is 11.1 Å². The number of nitrogens with zero attached hydrogens (tertiary/aromatic N) is 3. The third kappa shape index (κ3) is 5.22. The molecule has 0 radical (unpaired) electrons. The van der Waals surface area contributed by atoms with Crippen LogP contribution in [0.1, 0.15) is 31.2 Å². The van der Waals surface area contributed by atoms with Gasteiger partial charge in [0.1, 0.15) is 5.82 Å². The zero-order chi connectivity index (χ0) is 20.1. The van der Waals surface area contributed by atoms with E-state index in [9.17, 15) is 0 Å². The number of rotatable bonds is 6. The molecule has 4 rings (SSSR count). The highest BCUT2D eigenvalue weighted by atomic mass is 35.5. The Hall–Kier alpha value is -2.70. The fourth-order valence-corrected chi connectivity index (χ4v) is 3.81. The van der Waals surface area contributed by atoms with Crippen molar-refractivity contribution in [2.24, 2.45) is 5.73 Å². The third-order valence-corrected chi connectivity index (χ3v) is 5.58. The Morgan fingerprint density at radius 1 is 1.00 bits per heavy atom. The van der Waals surface area contributed by atoms with E-state index >= 15 is 0 Å². The summed E-state index contributed by atoms with van der Waals surface area (Å²) in [6.45, 7) is 0.703. The van der Waals surface area contributed by atoms with Gasteiger partial charge in [-0.15, -0.1) is 0 Å². The molecule has 150 valence electrons. The molecule has 1 aliphatic carbocycles. The van der Waals surface area contributed by atoms with E-state index in [1.54, 1.807) is 18.6 Å². The van der Waals surface area contributed by atoms with Gasteiger partial charge in [0.15, 0.2) is 0 Å². The second-order valence-corrected chi connectivity index (χ2v) is 7.88. The highest BCUT2D eigenvalue weighted by Crippen LogP contribution is 2.31. The molecule has 1 fully saturated rings. The molecular formula is C22H25ClN6. The molecule has 7 heteroatoms. The first-order valence-electron chi connectivity index (χ1n) is 9.93. The van der Waals surface area contributed by atoms with Crippen molar-refractivity contribution in [2.45, 2.75) is 44.3 Å². The molecule has 0 saturated heterocycles. The van der Waals surface area contributed by atoms with Crippen LogP contribution in [0.4, 0.5) is 11.5 Å². The molecule has 0 unspecified atom stereocenters. The first-order chi connectivity index (χ1) is 14.2. The predicted molar refractivity (Wildman–Crippen MR) is 118 cm³/mol. The fraction of sp³-hybridized carbons (Fsp3) is 0.318. The average Bonchev–Trinajstić information content (AvgIpc) is 2.76. The van der Waals surface area contributed by atoms with Gasteiger partial charge in [0, 0.05) is 60.7 Å². The van der Waals surface area contributed by atoms with Gasteiger partial charge in [-0.2, -0.15) is 0 Å². The van der Waals surface area contributed by atoms with E-state index in [4.69, 9.17) is 17.3 Å². The standard InChI is InChI=1S/C22H25ClN6/c23-21-14-28-22(29-18-3-1-17(24)2-4-18)10-20(21)16-9-19(13-26-12-16)27-11-15-5-7-25-8-6-15/h5-10,12-14,17-18,27H,1-4,11,24H2,(H,28,29)/t17-,18-. The molecule has 0 aliphatic heterocycles. The van der Waals surface area contributed by atoms with Gasteiger partial charge in [-0.25, -0.2) is 4.98 Å². The van der Waals surface area contributed by atoms with Crippen molar-refractivity contribution in [3.8, 4) is 11.1 Å². The summed E-state index contributed by atoms with van der Waals surface area (Å²) in [5, 5.41) is 7.54. The summed E-state index contributed by atoms with van der Waals surface area (Å²) < 4.78 is 0. The van der Waals surface area contributed by atoms with Crippen LogP contribution in [-0.2, 0) is 6.54 Å². The lowest BCUT2D eigenvalue weighted by atomic mass is 9.92. The van der Waals surface area contributed by atoms with Gasteiger partial charge >= 0.3 is 0 Å². The van der Waals surface area contributed by atoms with E-state index in [1.165, 1.54) is 0 Å². The number of nitrogens with one attached hydrogen (secondary N) is 2. The summed E-state index contributed by atoms with van der Waals surface area (Å²) in [7, 11) is 0. The summed E-state index contributed by atoms with van der Waals surface area (Å²) in [5.74, 6) is 0.833. The Morgan fingerprint density at radius 3 is 2.59 bits per heavy atom. The van der Waals surface area contributed by atoms with Gasteiger partial charge in [-0.05, 0) is 55.5 Å². The van der Waals surface area contributed by atoms with E-state index in [0.717, 1.165) is 53.9 Å². The van der Waals surface area contributed by atoms with Crippen LogP contribution in [0.15, 0.2) is 55.2 Å². The number of nitrogens with two attached hydrogens (primary N) is 1. The summed E-state index contributed by atoms with van der Waals surface area (Å²) in [6, 6.07) is 8.76. The van der Waals surface area contributed by atoms with Crippen LogP contribution in [0.5, 0.6) is 0 Å². The SMILES string of the molecule is N[C@H]1CC[C@H](Nc2cc(-c3cncc(NCc4ccncc4)c3)c(Cl)cn2)CC1. The third-order valence-electron chi connectivity index (χ3n) is 5.27. The maximum absolute atomic E-state index is 6.46. The molecule has 0 atom stereocenters. The molecule has 0 amide bonds. The van der Waals surface area contributed by atoms with E-state index in [2.05, 4.69) is 31.7 Å². The van der Waals surface area contributed by atoms with Crippen LogP contribution < -0.4 is 16.4 Å². The number of halogens is 1. The Labute approximate surface area is 175 Å². The fourth-order valence-electron chi connectivity index (χ4n) is 3.60. The summed E-state index contributed by atoms with van der Waals surface area (Å²) in [5.41, 5.74) is 9.96. The quantitative estimate of drug-likeness (QED) is 0.557. The maximum atomic E-state index is 6.46. The van der Waals surface area contributed by atoms with Crippen molar-refractivity contribution in [3.63, 3.8) is 0 Å². The van der Waals surface area contributed by atoms with Crippen molar-refractivity contribution < 1.29 is 0 Å². The summed E-state index contributed by atoms with van der Waals surface area (Å²) in [6.07, 6.45) is 13.1. The van der Waals surface area contributed by atoms with E-state index in [1.807, 2.05) is 30.6 Å². The average molecular weight is 409 g/mol. The molecule has 0 bridgehead atoms. The Kier molecular flexibility index (Phi) is 6.22. The Morgan fingerprint density at radius 2 is 1.79 bits per heavy atom. The number of aromatic nitrogens is 3. The highest BCUT2D eigenvalue weighted by molar-refractivity contribution is 6.33. The normalized spacial score (nSPS) is 19.0. The first kappa shape index (κ1) is 19.6. The van der Waals surface area contributed by atoms with Gasteiger partial charge in [0.05, 0.1) is 10.7 Å². The molecule has 0 aromatic carbocycles. The van der Waals surface area contributed by atoms with Crippen molar-refractivity contribution in [3.05, 3.63) is 65.8 Å². The summed E-state index contributed by atoms with van der Waals surface area (Å²) >= 11 is 6.46. The van der Waals surface area contributed by atoms with Crippen molar-refractivity contribution in [1.82, 2.24) is 15.0 Å². The molecule has 4 N–H and O–H groups in total. The van der Waals surface area contributed by atoms with E-state index < -0.39 is 0 Å². The topological polar surface area (TPSA) is 88.8 Å². The first-order valence-corrected chi connectivity index (χ1v) is 10.3. The lowest BCUT2D eigenvalue weighted by Crippen LogP contribution is -2.33. The molecule has 6 nitrogen and oxygen atoms in total. The molecule has 3 heterocycles. The second kappa shape index (κ2) is 9.20. The van der Waals surface area contributed by atoms with Crippen molar-refractivity contribution in [2.75, 3.05) is 10.6 Å². The van der Waals surface area contributed by atoms with E-state index in [-0.39, 0.29) is 0 Å². The lowest BCUT2D eigenvalue weighted by molar-refractivity contribution is 0.410. The summed E-state index contributed by atoms with van der Waals surface area (Å²) in [4.78, 5) is 12.9. The van der Waals surface area contributed by atoms with Crippen molar-refractivity contribution in [1.29, 1.82) is 0 Å². The lowest BCUT2D eigenvalue weighted by Gasteiger charge is -2.27. The Balaban J connectivity index is 1.48. The Bertz CT molecular complexity index is 941. The number of pyridine rings is 3. The maximum Gasteiger partial charge on any atom is 0.126 e. The number of hydrogen-bond acceptors (Lipinski definition) is 6. The molecule has 1 aliphatic rings. The van der Waals surface area contributed by atoms with Crippen LogP contribution in [-0.4, -0.2) is 27.0 Å². The minimum atomic E-state index is 0.329. The predicted octanol–water partition coefficient (Wildman–Crippen LogP) is 4.49. The second-order valence-electron chi connectivity index (χ2n) is 7.48. The van der Waals surface area contributed by atoms with Crippen LogP contribution >= 0.6 is 11.6 Å². The molecule has 3 aromatic heterocycles. The number of hydrogen-bond donors (Lipinski definition) is 3. The largest absolute Gasteiger partial charge is 0.380 e. The molecular weight excluding hydrogens is 384 g/mol. The van der Waals surface area contributed by atoms with Gasteiger partial charge in [-0.3, -0.25) is 9.97 Å². The zero-order valence-corrected chi connectivity index (χ0v) is 16.9. The minimum absolute atomic E-state index is 0.329. The highest BCUT2D eigenvalue weighted by Gasteiger charge is 2.19. The number of anilines is 2. The molecule has 3 aromatic rings. The zero-order valence-electron chi connectivity index (χ0n) is 16.2. The molecule has 1 saturated carbocycles. The van der Waals surface area contributed by atoms with Crippen LogP contribution in [0, 0.1) is 0 Å². The van der Waals surface area contributed by atoms with Crippen molar-refractivity contribution >= 4 is 23.1 Å². The molecule has 0 spiro atoms. The van der Waals surface area contributed by atoms with Crippen LogP contribution in [0.2, 0.25) is 5.02 Å². The molecule has 29 heavy (non-hydrogen) atoms. The van der Waals surface area contributed by atoms with Gasteiger partial charge in [-0.1, -0.05) is 11.6 Å². The van der Waals surface area contributed by atoms with Gasteiger partial charge in [0.2, 0.25) is 0 Å². The van der Waals surface area contributed by atoms with Gasteiger partial charge < -0.3 is 16.4 Å².